The van der Waals surface area contributed by atoms with Gasteiger partial charge in [0.05, 0.1) is 25.8 Å². The molecule has 0 saturated carbocycles. The lowest BCUT2D eigenvalue weighted by atomic mass is 9.68. The van der Waals surface area contributed by atoms with E-state index in [1.807, 2.05) is 19.1 Å². The highest BCUT2D eigenvalue weighted by Crippen LogP contribution is 2.44. The summed E-state index contributed by atoms with van der Waals surface area (Å²) in [5, 5.41) is 0. The number of benzene rings is 2. The Kier molecular flexibility index (Phi) is 8.62. The summed E-state index contributed by atoms with van der Waals surface area (Å²) in [6.07, 6.45) is 4.08. The maximum atomic E-state index is 13.1. The van der Waals surface area contributed by atoms with Crippen molar-refractivity contribution in [2.24, 2.45) is 4.99 Å². The SMILES string of the molecule is CCCCOC(=O)/N=C1/N(C(=O)OCCCC)CC2CCC(c3ccccc3)(c3ccccc3)CN12. The molecule has 0 aliphatic carbocycles. The van der Waals surface area contributed by atoms with Gasteiger partial charge in [-0.2, -0.15) is 0 Å². The number of unbranched alkanes of at least 4 members (excludes halogenated alkanes) is 2. The minimum atomic E-state index is -0.666. The van der Waals surface area contributed by atoms with Crippen LogP contribution < -0.4 is 0 Å². The predicted molar refractivity (Wildman–Crippen MR) is 140 cm³/mol. The number of fused-ring (bicyclic) bond motifs is 1. The molecule has 2 fully saturated rings. The first-order valence-electron chi connectivity index (χ1n) is 13.2. The van der Waals surface area contributed by atoms with Gasteiger partial charge in [-0.25, -0.2) is 14.5 Å². The van der Waals surface area contributed by atoms with Gasteiger partial charge in [-0.15, -0.1) is 4.99 Å². The highest BCUT2D eigenvalue weighted by Gasteiger charge is 2.49. The largest absolute Gasteiger partial charge is 0.449 e. The van der Waals surface area contributed by atoms with Crippen LogP contribution in [0.5, 0.6) is 0 Å². The van der Waals surface area contributed by atoms with Crippen LogP contribution in [0.4, 0.5) is 9.59 Å². The average Bonchev–Trinajstić information content (AvgIpc) is 3.27. The molecule has 2 heterocycles. The van der Waals surface area contributed by atoms with Crippen LogP contribution in [0.3, 0.4) is 0 Å². The molecule has 192 valence electrons. The third-order valence-electron chi connectivity index (χ3n) is 7.19. The van der Waals surface area contributed by atoms with Gasteiger partial charge in [0.15, 0.2) is 0 Å². The van der Waals surface area contributed by atoms with Crippen LogP contribution in [0.1, 0.15) is 63.5 Å². The minimum absolute atomic E-state index is 0.0615. The van der Waals surface area contributed by atoms with Crippen molar-refractivity contribution >= 4 is 18.1 Å². The summed E-state index contributed by atoms with van der Waals surface area (Å²) in [6.45, 7) is 5.81. The third kappa shape index (κ3) is 5.55. The van der Waals surface area contributed by atoms with Gasteiger partial charge in [0.2, 0.25) is 5.96 Å². The Morgan fingerprint density at radius 2 is 1.50 bits per heavy atom. The molecular weight excluding hydrogens is 454 g/mol. The number of nitrogens with zero attached hydrogens (tertiary/aromatic N) is 3. The highest BCUT2D eigenvalue weighted by molar-refractivity contribution is 6.00. The molecule has 2 amide bonds. The summed E-state index contributed by atoms with van der Waals surface area (Å²) >= 11 is 0. The van der Waals surface area contributed by atoms with Crippen LogP contribution >= 0.6 is 0 Å². The lowest BCUT2D eigenvalue weighted by Gasteiger charge is -2.45. The number of hydrogen-bond donors (Lipinski definition) is 0. The molecule has 0 N–H and O–H groups in total. The Morgan fingerprint density at radius 1 is 0.917 bits per heavy atom. The monoisotopic (exact) mass is 491 g/mol. The Bertz CT molecular complexity index is 1000. The van der Waals surface area contributed by atoms with Gasteiger partial charge in [0, 0.05) is 12.0 Å². The van der Waals surface area contributed by atoms with Gasteiger partial charge >= 0.3 is 12.2 Å². The van der Waals surface area contributed by atoms with E-state index in [-0.39, 0.29) is 11.5 Å². The first-order valence-corrected chi connectivity index (χ1v) is 13.2. The molecule has 2 aromatic rings. The van der Waals surface area contributed by atoms with Crippen LogP contribution in [0, 0.1) is 0 Å². The van der Waals surface area contributed by atoms with Crippen LogP contribution in [0.25, 0.3) is 0 Å². The third-order valence-corrected chi connectivity index (χ3v) is 7.19. The van der Waals surface area contributed by atoms with Gasteiger partial charge in [-0.05, 0) is 36.8 Å². The van der Waals surface area contributed by atoms with Crippen LogP contribution in [0.15, 0.2) is 65.7 Å². The van der Waals surface area contributed by atoms with E-state index in [4.69, 9.17) is 9.47 Å². The number of ether oxygens (including phenoxy) is 2. The fraction of sp³-hybridized carbons (Fsp3) is 0.483. The van der Waals surface area contributed by atoms with E-state index in [1.54, 1.807) is 0 Å². The molecule has 36 heavy (non-hydrogen) atoms. The lowest BCUT2D eigenvalue weighted by molar-refractivity contribution is 0.122. The van der Waals surface area contributed by atoms with E-state index < -0.39 is 12.2 Å². The molecule has 0 bridgehead atoms. The van der Waals surface area contributed by atoms with Crippen LogP contribution in [-0.4, -0.2) is 60.3 Å². The van der Waals surface area contributed by atoms with Crippen molar-refractivity contribution in [1.82, 2.24) is 9.80 Å². The number of guanidine groups is 1. The van der Waals surface area contributed by atoms with Crippen LogP contribution in [-0.2, 0) is 14.9 Å². The van der Waals surface area contributed by atoms with E-state index in [9.17, 15) is 9.59 Å². The summed E-state index contributed by atoms with van der Waals surface area (Å²) in [5.74, 6) is 0.332. The fourth-order valence-corrected chi connectivity index (χ4v) is 5.17. The van der Waals surface area contributed by atoms with Gasteiger partial charge < -0.3 is 14.4 Å². The summed E-state index contributed by atoms with van der Waals surface area (Å²) < 4.78 is 10.9. The quantitative estimate of drug-likeness (QED) is 0.425. The smallest absolute Gasteiger partial charge is 0.436 e. The van der Waals surface area contributed by atoms with Crippen LogP contribution in [0.2, 0.25) is 0 Å². The molecule has 2 aliphatic heterocycles. The van der Waals surface area contributed by atoms with Gasteiger partial charge in [-0.3, -0.25) is 0 Å². The molecule has 2 aliphatic rings. The van der Waals surface area contributed by atoms with Gasteiger partial charge in [0.25, 0.3) is 0 Å². The lowest BCUT2D eigenvalue weighted by Crippen LogP contribution is -2.51. The standard InChI is InChI=1S/C29H37N3O4/c1-3-5-19-35-27(33)30-26-31(28(34)36-20-6-4-2)21-25-17-18-29(22-32(25)26,23-13-9-7-10-14-23)24-15-11-8-12-16-24/h7-16,25H,3-6,17-22H2,1-2H3/b30-26-. The van der Waals surface area contributed by atoms with Crippen molar-refractivity contribution < 1.29 is 19.1 Å². The first kappa shape index (κ1) is 25.7. The van der Waals surface area contributed by atoms with Crippen molar-refractivity contribution in [3.63, 3.8) is 0 Å². The summed E-state index contributed by atoms with van der Waals surface area (Å²) in [5.41, 5.74) is 2.13. The molecule has 4 rings (SSSR count). The van der Waals surface area contributed by atoms with E-state index >= 15 is 0 Å². The minimum Gasteiger partial charge on any atom is -0.449 e. The Morgan fingerprint density at radius 3 is 2.08 bits per heavy atom. The molecule has 2 aromatic carbocycles. The van der Waals surface area contributed by atoms with Crippen molar-refractivity contribution in [3.8, 4) is 0 Å². The van der Waals surface area contributed by atoms with E-state index in [2.05, 4.69) is 65.3 Å². The number of amides is 2. The first-order chi connectivity index (χ1) is 17.6. The molecule has 2 saturated heterocycles. The zero-order valence-corrected chi connectivity index (χ0v) is 21.4. The number of rotatable bonds is 8. The topological polar surface area (TPSA) is 71.4 Å². The molecule has 0 radical (unpaired) electrons. The maximum Gasteiger partial charge on any atom is 0.436 e. The summed E-state index contributed by atoms with van der Waals surface area (Å²) in [4.78, 5) is 33.7. The zero-order chi connectivity index (χ0) is 25.4. The van der Waals surface area contributed by atoms with E-state index in [0.717, 1.165) is 38.5 Å². The number of carbonyl (C=O) groups is 2. The fourth-order valence-electron chi connectivity index (χ4n) is 5.17. The maximum absolute atomic E-state index is 13.1. The second kappa shape index (κ2) is 12.1. The number of carbonyl (C=O) groups excluding carboxylic acids is 2. The molecule has 1 atom stereocenters. The Balaban J connectivity index is 1.68. The molecule has 0 aromatic heterocycles. The van der Waals surface area contributed by atoms with Crippen molar-refractivity contribution in [2.45, 2.75) is 63.8 Å². The Hall–Kier alpha value is -3.35. The van der Waals surface area contributed by atoms with Crippen molar-refractivity contribution in [1.29, 1.82) is 0 Å². The molecule has 7 heteroatoms. The zero-order valence-electron chi connectivity index (χ0n) is 21.4. The summed E-state index contributed by atoms with van der Waals surface area (Å²) in [6, 6.07) is 21.0. The number of aliphatic imine (C=N–C) groups is 1. The Labute approximate surface area is 214 Å². The second-order valence-corrected chi connectivity index (χ2v) is 9.59. The molecule has 7 nitrogen and oxygen atoms in total. The number of piperidine rings is 1. The van der Waals surface area contributed by atoms with Crippen molar-refractivity contribution in [2.75, 3.05) is 26.3 Å². The second-order valence-electron chi connectivity index (χ2n) is 9.59. The molecule has 0 spiro atoms. The predicted octanol–water partition coefficient (Wildman–Crippen LogP) is 5.98. The normalized spacial score (nSPS) is 19.7. The van der Waals surface area contributed by atoms with Gasteiger partial charge in [0.1, 0.15) is 0 Å². The number of hydrogen-bond acceptors (Lipinski definition) is 4. The highest BCUT2D eigenvalue weighted by atomic mass is 16.6. The molecule has 1 unspecified atom stereocenters. The van der Waals surface area contributed by atoms with Gasteiger partial charge in [-0.1, -0.05) is 87.4 Å². The summed E-state index contributed by atoms with van der Waals surface area (Å²) in [7, 11) is 0. The van der Waals surface area contributed by atoms with E-state index in [1.165, 1.54) is 16.0 Å². The molecular formula is C29H37N3O4. The van der Waals surface area contributed by atoms with Crippen molar-refractivity contribution in [3.05, 3.63) is 71.8 Å². The average molecular weight is 492 g/mol. The van der Waals surface area contributed by atoms with E-state index in [0.29, 0.717) is 32.3 Å².